The Morgan fingerprint density at radius 1 is 0.561 bits per heavy atom. The van der Waals surface area contributed by atoms with Gasteiger partial charge in [-0.1, -0.05) is 122 Å². The molecule has 0 atom stereocenters. The van der Waals surface area contributed by atoms with Crippen molar-refractivity contribution in [3.8, 4) is 33.8 Å². The molecule has 0 spiro atoms. The first-order chi connectivity index (χ1) is 28.2. The van der Waals surface area contributed by atoms with Crippen LogP contribution in [0.25, 0.3) is 99.3 Å². The Kier molecular flexibility index (Phi) is 7.41. The molecule has 0 bridgehead atoms. The molecule has 0 radical (unpaired) electrons. The van der Waals surface area contributed by atoms with E-state index in [9.17, 15) is 5.41 Å². The normalized spacial score (nSPS) is 11.9. The number of allylic oxidation sites excluding steroid dienone is 3. The molecule has 11 aromatic rings. The van der Waals surface area contributed by atoms with Gasteiger partial charge in [-0.15, -0.1) is 0 Å². The molecule has 0 aliphatic carbocycles. The van der Waals surface area contributed by atoms with Gasteiger partial charge in [0, 0.05) is 50.2 Å². The second-order valence-corrected chi connectivity index (χ2v) is 14.3. The Labute approximate surface area is 328 Å². The fourth-order valence-electron chi connectivity index (χ4n) is 8.73. The van der Waals surface area contributed by atoms with Crippen LogP contribution in [0.4, 0.5) is 0 Å². The van der Waals surface area contributed by atoms with Crippen molar-refractivity contribution in [3.05, 3.63) is 200 Å². The van der Waals surface area contributed by atoms with Crippen LogP contribution in [-0.4, -0.2) is 19.8 Å². The van der Waals surface area contributed by atoms with E-state index < -0.39 is 0 Å². The van der Waals surface area contributed by atoms with E-state index in [1.807, 2.05) is 36.5 Å². The number of aromatic nitrogens is 3. The second kappa shape index (κ2) is 12.9. The molecule has 1 N–H and O–H groups in total. The predicted molar refractivity (Wildman–Crippen MR) is 237 cm³/mol. The van der Waals surface area contributed by atoms with E-state index in [4.69, 9.17) is 9.40 Å². The molecule has 11 rings (SSSR count). The van der Waals surface area contributed by atoms with E-state index in [1.54, 1.807) is 6.08 Å². The standard InChI is InChI=1S/C52H34N4O/c1-2-3-25-43(53)41-31-39-40-32-42(44-26-14-15-29-54-44)50-48(38-24-11-13-28-46(38)56(50)36-22-16-19-34(30-36)33-17-6-4-7-18-33)52(40)57-51(39)47-37-23-10-12-27-45(37)55(49(41)47)35-20-8-5-9-21-35/h2-32,53H,1H2/b25-3-,53-43?. The van der Waals surface area contributed by atoms with Crippen LogP contribution in [0.5, 0.6) is 0 Å². The lowest BCUT2D eigenvalue weighted by atomic mass is 9.97. The van der Waals surface area contributed by atoms with Crippen molar-refractivity contribution in [1.82, 2.24) is 14.1 Å². The van der Waals surface area contributed by atoms with Crippen molar-refractivity contribution in [3.63, 3.8) is 0 Å². The Bertz CT molecular complexity index is 3420. The van der Waals surface area contributed by atoms with E-state index in [2.05, 4.69) is 161 Å². The van der Waals surface area contributed by atoms with Crippen molar-refractivity contribution in [1.29, 1.82) is 5.41 Å². The molecule has 4 heterocycles. The van der Waals surface area contributed by atoms with Crippen LogP contribution in [0.2, 0.25) is 0 Å². The summed E-state index contributed by atoms with van der Waals surface area (Å²) in [7, 11) is 0. The van der Waals surface area contributed by atoms with Crippen LogP contribution in [0.15, 0.2) is 199 Å². The summed E-state index contributed by atoms with van der Waals surface area (Å²) in [4.78, 5) is 4.95. The quantitative estimate of drug-likeness (QED) is 0.131. The number of fused-ring (bicyclic) bond motifs is 11. The summed E-state index contributed by atoms with van der Waals surface area (Å²) in [6, 6.07) is 57.2. The van der Waals surface area contributed by atoms with Crippen LogP contribution < -0.4 is 0 Å². The average Bonchev–Trinajstić information content (AvgIpc) is 3.94. The summed E-state index contributed by atoms with van der Waals surface area (Å²) in [6.45, 7) is 3.90. The second-order valence-electron chi connectivity index (χ2n) is 14.3. The highest BCUT2D eigenvalue weighted by molar-refractivity contribution is 6.33. The van der Waals surface area contributed by atoms with Gasteiger partial charge in [-0.2, -0.15) is 0 Å². The van der Waals surface area contributed by atoms with E-state index in [1.165, 1.54) is 0 Å². The molecule has 0 unspecified atom stereocenters. The minimum Gasteiger partial charge on any atom is -0.455 e. The third kappa shape index (κ3) is 4.96. The maximum atomic E-state index is 9.49. The molecule has 57 heavy (non-hydrogen) atoms. The molecule has 5 nitrogen and oxygen atoms in total. The molecule has 268 valence electrons. The zero-order valence-corrected chi connectivity index (χ0v) is 30.9. The van der Waals surface area contributed by atoms with Gasteiger partial charge in [0.05, 0.1) is 44.2 Å². The van der Waals surface area contributed by atoms with E-state index in [0.717, 1.165) is 105 Å². The molecule has 0 amide bonds. The lowest BCUT2D eigenvalue weighted by Crippen LogP contribution is -2.01. The van der Waals surface area contributed by atoms with E-state index in [0.29, 0.717) is 5.71 Å². The smallest absolute Gasteiger partial charge is 0.145 e. The van der Waals surface area contributed by atoms with Gasteiger partial charge in [0.2, 0.25) is 0 Å². The van der Waals surface area contributed by atoms with Crippen molar-refractivity contribution in [2.24, 2.45) is 0 Å². The minimum absolute atomic E-state index is 0.386. The van der Waals surface area contributed by atoms with Crippen molar-refractivity contribution in [2.75, 3.05) is 0 Å². The Morgan fingerprint density at radius 2 is 1.16 bits per heavy atom. The van der Waals surface area contributed by atoms with Gasteiger partial charge in [0.1, 0.15) is 11.2 Å². The molecular weight excluding hydrogens is 697 g/mol. The number of para-hydroxylation sites is 3. The van der Waals surface area contributed by atoms with Crippen LogP contribution >= 0.6 is 0 Å². The van der Waals surface area contributed by atoms with Crippen LogP contribution in [0, 0.1) is 5.41 Å². The van der Waals surface area contributed by atoms with Crippen molar-refractivity contribution >= 4 is 71.3 Å². The van der Waals surface area contributed by atoms with E-state index in [-0.39, 0.29) is 0 Å². The number of benzene rings is 7. The number of rotatable bonds is 7. The highest BCUT2D eigenvalue weighted by Gasteiger charge is 2.27. The van der Waals surface area contributed by atoms with Gasteiger partial charge in [0.15, 0.2) is 0 Å². The molecule has 0 saturated carbocycles. The topological polar surface area (TPSA) is 59.7 Å². The van der Waals surface area contributed by atoms with Crippen LogP contribution in [0.3, 0.4) is 0 Å². The minimum atomic E-state index is 0.386. The summed E-state index contributed by atoms with van der Waals surface area (Å²) in [5, 5.41) is 15.5. The zero-order chi connectivity index (χ0) is 38.0. The fourth-order valence-corrected chi connectivity index (χ4v) is 8.73. The first-order valence-corrected chi connectivity index (χ1v) is 19.1. The number of hydrogen-bond donors (Lipinski definition) is 1. The summed E-state index contributed by atoms with van der Waals surface area (Å²) < 4.78 is 12.0. The van der Waals surface area contributed by atoms with Gasteiger partial charge in [-0.3, -0.25) is 4.98 Å². The summed E-state index contributed by atoms with van der Waals surface area (Å²) in [6.07, 6.45) is 7.21. The average molecular weight is 731 g/mol. The number of furan rings is 1. The first-order valence-electron chi connectivity index (χ1n) is 19.1. The van der Waals surface area contributed by atoms with Gasteiger partial charge < -0.3 is 19.0 Å². The van der Waals surface area contributed by atoms with Crippen molar-refractivity contribution in [2.45, 2.75) is 0 Å². The van der Waals surface area contributed by atoms with Crippen LogP contribution in [0.1, 0.15) is 5.56 Å². The highest BCUT2D eigenvalue weighted by atomic mass is 16.3. The summed E-state index contributed by atoms with van der Waals surface area (Å²) in [5.41, 5.74) is 13.1. The van der Waals surface area contributed by atoms with Gasteiger partial charge >= 0.3 is 0 Å². The van der Waals surface area contributed by atoms with Crippen molar-refractivity contribution < 1.29 is 4.42 Å². The maximum Gasteiger partial charge on any atom is 0.145 e. The third-order valence-electron chi connectivity index (χ3n) is 11.1. The molecule has 4 aromatic heterocycles. The van der Waals surface area contributed by atoms with Gasteiger partial charge in [-0.05, 0) is 77.9 Å². The Balaban J connectivity index is 1.34. The number of nitrogens with one attached hydrogen (secondary N) is 1. The molecule has 0 aliphatic rings. The van der Waals surface area contributed by atoms with Crippen LogP contribution in [-0.2, 0) is 0 Å². The van der Waals surface area contributed by atoms with Gasteiger partial charge in [0.25, 0.3) is 0 Å². The Morgan fingerprint density at radius 3 is 1.86 bits per heavy atom. The summed E-state index contributed by atoms with van der Waals surface area (Å²) in [5.74, 6) is 0. The molecule has 0 aliphatic heterocycles. The maximum absolute atomic E-state index is 9.49. The predicted octanol–water partition coefficient (Wildman–Crippen LogP) is 13.6. The molecule has 7 aromatic carbocycles. The fraction of sp³-hybridized carbons (Fsp3) is 0. The lowest BCUT2D eigenvalue weighted by Gasteiger charge is -2.13. The van der Waals surface area contributed by atoms with E-state index >= 15 is 0 Å². The number of hydrogen-bond acceptors (Lipinski definition) is 3. The number of nitrogens with zero attached hydrogens (tertiary/aromatic N) is 3. The zero-order valence-electron chi connectivity index (χ0n) is 30.9. The SMILES string of the molecule is C=C/C=C\C(=N)c1cc2c3cc(-c4ccccn4)c4c(c5ccccc5n4-c4cccc(-c5ccccc5)c4)c3oc2c2c3ccccc3n(-c3ccccc3)c12. The molecule has 5 heteroatoms. The third-order valence-corrected chi connectivity index (χ3v) is 11.1. The summed E-state index contributed by atoms with van der Waals surface area (Å²) >= 11 is 0. The molecular formula is C52H34N4O. The lowest BCUT2D eigenvalue weighted by molar-refractivity contribution is 0.677. The van der Waals surface area contributed by atoms with Gasteiger partial charge in [-0.25, -0.2) is 0 Å². The highest BCUT2D eigenvalue weighted by Crippen LogP contribution is 2.48. The first kappa shape index (κ1) is 32.7. The molecule has 0 saturated heterocycles. The number of pyridine rings is 1. The Hall–Kier alpha value is -7.76. The monoisotopic (exact) mass is 730 g/mol. The molecule has 0 fully saturated rings. The largest absolute Gasteiger partial charge is 0.455 e.